The molecule has 0 aromatic carbocycles. The molecule has 2 nitrogen and oxygen atoms in total. The molecule has 0 aromatic rings. The monoisotopic (exact) mass is 235 g/mol. The van der Waals surface area contributed by atoms with E-state index in [0.29, 0.717) is 6.04 Å². The van der Waals surface area contributed by atoms with Gasteiger partial charge in [-0.25, -0.2) is 0 Å². The predicted molar refractivity (Wildman–Crippen MR) is 67.8 cm³/mol. The molecule has 0 amide bonds. The number of hydrogen-bond donors (Lipinski definition) is 0. The molecule has 15 heavy (non-hydrogen) atoms. The molecule has 0 aromatic heterocycles. The van der Waals surface area contributed by atoms with Crippen molar-refractivity contribution in [1.29, 1.82) is 0 Å². The maximum absolute atomic E-state index is 5.07. The highest BCUT2D eigenvalue weighted by atomic mass is 35.5. The first-order valence-electron chi connectivity index (χ1n) is 6.00. The smallest absolute Gasteiger partial charge is 0.0462 e. The van der Waals surface area contributed by atoms with Gasteiger partial charge in [-0.1, -0.05) is 6.42 Å². The Labute approximate surface area is 101 Å². The second-order valence-corrected chi connectivity index (χ2v) is 4.62. The number of rotatable bonds is 7. The highest BCUT2D eigenvalue weighted by molar-refractivity contribution is 5.85. The van der Waals surface area contributed by atoms with Gasteiger partial charge < -0.3 is 4.74 Å². The average Bonchev–Trinajstić information content (AvgIpc) is 2.06. The van der Waals surface area contributed by atoms with Crippen molar-refractivity contribution < 1.29 is 4.74 Å². The Morgan fingerprint density at radius 1 is 1.27 bits per heavy atom. The molecule has 1 saturated carbocycles. The van der Waals surface area contributed by atoms with Gasteiger partial charge in [0.05, 0.1) is 0 Å². The molecule has 1 rings (SSSR count). The van der Waals surface area contributed by atoms with E-state index in [-0.39, 0.29) is 12.4 Å². The fourth-order valence-corrected chi connectivity index (χ4v) is 2.12. The zero-order chi connectivity index (χ0) is 10.4. The van der Waals surface area contributed by atoms with Gasteiger partial charge in [0.15, 0.2) is 0 Å². The molecule has 1 aliphatic carbocycles. The van der Waals surface area contributed by atoms with Crippen molar-refractivity contribution in [2.45, 2.75) is 58.0 Å². The first kappa shape index (κ1) is 15.2. The molecule has 0 N–H and O–H groups in total. The number of methoxy groups -OCH3 is 1. The molecule has 1 aliphatic rings. The predicted octanol–water partition coefficient (Wildman–Crippen LogP) is 3.10. The topological polar surface area (TPSA) is 12.5 Å². The minimum Gasteiger partial charge on any atom is -0.385 e. The number of nitrogens with zero attached hydrogens (tertiary/aromatic N) is 1. The Bertz CT molecular complexity index is 149. The summed E-state index contributed by atoms with van der Waals surface area (Å²) < 4.78 is 5.07. The summed E-state index contributed by atoms with van der Waals surface area (Å²) in [6.45, 7) is 6.80. The summed E-state index contributed by atoms with van der Waals surface area (Å²) in [4.78, 5) is 2.67. The Morgan fingerprint density at radius 2 is 1.93 bits per heavy atom. The van der Waals surface area contributed by atoms with Crippen LogP contribution in [0.1, 0.15) is 46.0 Å². The van der Waals surface area contributed by atoms with Gasteiger partial charge in [0.2, 0.25) is 0 Å². The van der Waals surface area contributed by atoms with Crippen LogP contribution in [0.25, 0.3) is 0 Å². The molecule has 92 valence electrons. The molecule has 3 heteroatoms. The summed E-state index contributed by atoms with van der Waals surface area (Å²) in [6.07, 6.45) is 6.76. The van der Waals surface area contributed by atoms with E-state index in [0.717, 1.165) is 12.6 Å². The van der Waals surface area contributed by atoms with E-state index in [1.807, 2.05) is 0 Å². The van der Waals surface area contributed by atoms with Crippen LogP contribution in [0, 0.1) is 0 Å². The van der Waals surface area contributed by atoms with Gasteiger partial charge in [0.1, 0.15) is 0 Å². The second kappa shape index (κ2) is 8.37. The summed E-state index contributed by atoms with van der Waals surface area (Å²) in [5.41, 5.74) is 0. The maximum atomic E-state index is 5.07. The molecular formula is C12H26ClNO. The van der Waals surface area contributed by atoms with E-state index in [1.165, 1.54) is 38.6 Å². The lowest BCUT2D eigenvalue weighted by Crippen LogP contribution is -2.44. The van der Waals surface area contributed by atoms with E-state index < -0.39 is 0 Å². The van der Waals surface area contributed by atoms with Crippen LogP contribution in [-0.2, 0) is 4.74 Å². The van der Waals surface area contributed by atoms with Gasteiger partial charge in [-0.3, -0.25) is 4.90 Å². The quantitative estimate of drug-likeness (QED) is 0.629. The summed E-state index contributed by atoms with van der Waals surface area (Å²) >= 11 is 0. The molecule has 0 radical (unpaired) electrons. The number of halogens is 1. The SMILES string of the molecule is COCCCCN(C(C)C)C1CCC1.Cl. The lowest BCUT2D eigenvalue weighted by atomic mass is 9.90. The standard InChI is InChI=1S/C12H25NO.ClH/c1-11(2)13(12-7-6-8-12)9-4-5-10-14-3;/h11-12H,4-10H2,1-3H3;1H. The van der Waals surface area contributed by atoms with Gasteiger partial charge in [-0.2, -0.15) is 0 Å². The van der Waals surface area contributed by atoms with Gasteiger partial charge in [0.25, 0.3) is 0 Å². The third kappa shape index (κ3) is 5.19. The Hall–Kier alpha value is 0.210. The number of unbranched alkanes of at least 4 members (excludes halogenated alkanes) is 1. The van der Waals surface area contributed by atoms with E-state index in [2.05, 4.69) is 18.7 Å². The third-order valence-electron chi connectivity index (χ3n) is 3.22. The maximum Gasteiger partial charge on any atom is 0.0462 e. The van der Waals surface area contributed by atoms with E-state index in [9.17, 15) is 0 Å². The first-order valence-corrected chi connectivity index (χ1v) is 6.00. The van der Waals surface area contributed by atoms with Gasteiger partial charge >= 0.3 is 0 Å². The summed E-state index contributed by atoms with van der Waals surface area (Å²) in [5, 5.41) is 0. The average molecular weight is 236 g/mol. The molecule has 0 saturated heterocycles. The van der Waals surface area contributed by atoms with Crippen molar-refractivity contribution in [1.82, 2.24) is 4.90 Å². The largest absolute Gasteiger partial charge is 0.385 e. The number of ether oxygens (including phenoxy) is 1. The molecule has 0 bridgehead atoms. The van der Waals surface area contributed by atoms with Gasteiger partial charge in [0, 0.05) is 25.8 Å². The third-order valence-corrected chi connectivity index (χ3v) is 3.22. The van der Waals surface area contributed by atoms with Crippen LogP contribution in [0.4, 0.5) is 0 Å². The van der Waals surface area contributed by atoms with Crippen LogP contribution in [0.15, 0.2) is 0 Å². The van der Waals surface area contributed by atoms with E-state index >= 15 is 0 Å². The Morgan fingerprint density at radius 3 is 2.33 bits per heavy atom. The van der Waals surface area contributed by atoms with Crippen LogP contribution in [-0.4, -0.2) is 37.2 Å². The van der Waals surface area contributed by atoms with Crippen molar-refractivity contribution in [2.24, 2.45) is 0 Å². The van der Waals surface area contributed by atoms with Crippen molar-refractivity contribution in [2.75, 3.05) is 20.3 Å². The molecule has 0 unspecified atom stereocenters. The minimum absolute atomic E-state index is 0. The Balaban J connectivity index is 0.00000196. The van der Waals surface area contributed by atoms with Crippen molar-refractivity contribution >= 4 is 12.4 Å². The molecule has 0 atom stereocenters. The fraction of sp³-hybridized carbons (Fsp3) is 1.00. The lowest BCUT2D eigenvalue weighted by molar-refractivity contribution is 0.0886. The lowest BCUT2D eigenvalue weighted by Gasteiger charge is -2.40. The van der Waals surface area contributed by atoms with Gasteiger partial charge in [-0.05, 0) is 46.1 Å². The van der Waals surface area contributed by atoms with Gasteiger partial charge in [-0.15, -0.1) is 12.4 Å². The van der Waals surface area contributed by atoms with Crippen LogP contribution < -0.4 is 0 Å². The van der Waals surface area contributed by atoms with Crippen LogP contribution in [0.3, 0.4) is 0 Å². The summed E-state index contributed by atoms with van der Waals surface area (Å²) in [7, 11) is 1.78. The van der Waals surface area contributed by atoms with Crippen molar-refractivity contribution in [3.8, 4) is 0 Å². The molecule has 1 fully saturated rings. The zero-order valence-electron chi connectivity index (χ0n) is 10.4. The highest BCUT2D eigenvalue weighted by Gasteiger charge is 2.25. The van der Waals surface area contributed by atoms with Crippen molar-refractivity contribution in [3.63, 3.8) is 0 Å². The van der Waals surface area contributed by atoms with Crippen LogP contribution >= 0.6 is 12.4 Å². The van der Waals surface area contributed by atoms with Crippen molar-refractivity contribution in [3.05, 3.63) is 0 Å². The highest BCUT2D eigenvalue weighted by Crippen LogP contribution is 2.26. The minimum atomic E-state index is 0. The number of hydrogen-bond acceptors (Lipinski definition) is 2. The molecule has 0 heterocycles. The normalized spacial score (nSPS) is 16.6. The zero-order valence-corrected chi connectivity index (χ0v) is 11.2. The fourth-order valence-electron chi connectivity index (χ4n) is 2.12. The molecule has 0 spiro atoms. The van der Waals surface area contributed by atoms with Crippen LogP contribution in [0.5, 0.6) is 0 Å². The summed E-state index contributed by atoms with van der Waals surface area (Å²) in [5.74, 6) is 0. The second-order valence-electron chi connectivity index (χ2n) is 4.62. The van der Waals surface area contributed by atoms with E-state index in [1.54, 1.807) is 7.11 Å². The Kier molecular flexibility index (Phi) is 8.49. The van der Waals surface area contributed by atoms with E-state index in [4.69, 9.17) is 4.74 Å². The van der Waals surface area contributed by atoms with Crippen LogP contribution in [0.2, 0.25) is 0 Å². The molecule has 0 aliphatic heterocycles. The summed E-state index contributed by atoms with van der Waals surface area (Å²) in [6, 6.07) is 1.60. The molecular weight excluding hydrogens is 210 g/mol. The first-order chi connectivity index (χ1) is 6.75.